The average molecular weight is 237 g/mol. The average Bonchev–Trinajstić information content (AvgIpc) is 2.35. The van der Waals surface area contributed by atoms with Gasteiger partial charge in [-0.15, -0.1) is 0 Å². The first-order valence-corrected chi connectivity index (χ1v) is 6.37. The predicted octanol–water partition coefficient (Wildman–Crippen LogP) is 3.00. The summed E-state index contributed by atoms with van der Waals surface area (Å²) < 4.78 is 18.8. The number of piperidine rings is 1. The molecule has 17 heavy (non-hydrogen) atoms. The van der Waals surface area contributed by atoms with Crippen LogP contribution in [0.15, 0.2) is 18.2 Å². The molecular formula is C14H20FNO. The fourth-order valence-electron chi connectivity index (χ4n) is 2.14. The summed E-state index contributed by atoms with van der Waals surface area (Å²) in [6, 6.07) is 5.05. The second-order valence-electron chi connectivity index (χ2n) is 4.66. The van der Waals surface area contributed by atoms with Crippen molar-refractivity contribution < 1.29 is 9.13 Å². The maximum atomic E-state index is 13.3. The Labute approximate surface area is 102 Å². The number of likely N-dealkylation sites (tertiary alicyclic amines) is 1. The maximum absolute atomic E-state index is 13.3. The van der Waals surface area contributed by atoms with Crippen molar-refractivity contribution in [3.05, 3.63) is 29.6 Å². The van der Waals surface area contributed by atoms with Crippen molar-refractivity contribution in [3.63, 3.8) is 0 Å². The van der Waals surface area contributed by atoms with Gasteiger partial charge in [0.25, 0.3) is 0 Å². The van der Waals surface area contributed by atoms with E-state index in [9.17, 15) is 4.39 Å². The Morgan fingerprint density at radius 3 is 2.71 bits per heavy atom. The highest BCUT2D eigenvalue weighted by Gasteiger charge is 2.09. The Balaban J connectivity index is 1.75. The van der Waals surface area contributed by atoms with Crippen LogP contribution in [0.4, 0.5) is 4.39 Å². The van der Waals surface area contributed by atoms with Crippen LogP contribution >= 0.6 is 0 Å². The zero-order chi connectivity index (χ0) is 12.1. The van der Waals surface area contributed by atoms with Crippen LogP contribution in [0.1, 0.15) is 24.8 Å². The molecule has 0 atom stereocenters. The van der Waals surface area contributed by atoms with Gasteiger partial charge in [0.15, 0.2) is 0 Å². The molecule has 1 aliphatic rings. The van der Waals surface area contributed by atoms with Gasteiger partial charge in [-0.05, 0) is 44.5 Å². The van der Waals surface area contributed by atoms with Gasteiger partial charge in [0, 0.05) is 12.6 Å². The molecule has 3 heteroatoms. The molecule has 1 heterocycles. The van der Waals surface area contributed by atoms with Gasteiger partial charge in [-0.2, -0.15) is 0 Å². The molecule has 1 saturated heterocycles. The number of hydrogen-bond donors (Lipinski definition) is 0. The van der Waals surface area contributed by atoms with Crippen molar-refractivity contribution in [1.29, 1.82) is 0 Å². The molecule has 0 saturated carbocycles. The fraction of sp³-hybridized carbons (Fsp3) is 0.571. The standard InChI is InChI=1S/C14H20FNO/c1-12-5-6-13(11-14(12)15)17-10-9-16-7-3-2-4-8-16/h5-6,11H,2-4,7-10H2,1H3. The summed E-state index contributed by atoms with van der Waals surface area (Å²) in [6.07, 6.45) is 3.93. The van der Waals surface area contributed by atoms with Gasteiger partial charge in [0.05, 0.1) is 0 Å². The number of rotatable bonds is 4. The molecule has 0 radical (unpaired) electrons. The molecule has 1 fully saturated rings. The smallest absolute Gasteiger partial charge is 0.129 e. The largest absolute Gasteiger partial charge is 0.492 e. The minimum absolute atomic E-state index is 0.194. The van der Waals surface area contributed by atoms with E-state index in [0.29, 0.717) is 17.9 Å². The highest BCUT2D eigenvalue weighted by molar-refractivity contribution is 5.27. The van der Waals surface area contributed by atoms with Gasteiger partial charge in [-0.1, -0.05) is 12.5 Å². The SMILES string of the molecule is Cc1ccc(OCCN2CCCCC2)cc1F. The summed E-state index contributed by atoms with van der Waals surface area (Å²) in [4.78, 5) is 2.41. The lowest BCUT2D eigenvalue weighted by Gasteiger charge is -2.26. The first-order chi connectivity index (χ1) is 8.25. The summed E-state index contributed by atoms with van der Waals surface area (Å²) in [6.45, 7) is 5.68. The first-order valence-electron chi connectivity index (χ1n) is 6.37. The quantitative estimate of drug-likeness (QED) is 0.798. The van der Waals surface area contributed by atoms with E-state index in [1.54, 1.807) is 13.0 Å². The lowest BCUT2D eigenvalue weighted by atomic mass is 10.1. The van der Waals surface area contributed by atoms with E-state index >= 15 is 0 Å². The topological polar surface area (TPSA) is 12.5 Å². The summed E-state index contributed by atoms with van der Waals surface area (Å²) >= 11 is 0. The molecule has 0 bridgehead atoms. The molecule has 1 aromatic rings. The third kappa shape index (κ3) is 3.70. The van der Waals surface area contributed by atoms with Crippen LogP contribution in [0.25, 0.3) is 0 Å². The Morgan fingerprint density at radius 2 is 2.00 bits per heavy atom. The molecule has 0 unspecified atom stereocenters. The van der Waals surface area contributed by atoms with E-state index in [1.165, 1.54) is 38.4 Å². The molecule has 2 nitrogen and oxygen atoms in total. The Kier molecular flexibility index (Phi) is 4.37. The molecule has 0 aliphatic carbocycles. The highest BCUT2D eigenvalue weighted by atomic mass is 19.1. The molecule has 1 aliphatic heterocycles. The zero-order valence-corrected chi connectivity index (χ0v) is 10.4. The number of halogens is 1. The Hall–Kier alpha value is -1.09. The molecule has 0 aromatic heterocycles. The van der Waals surface area contributed by atoms with Gasteiger partial charge < -0.3 is 4.74 Å². The van der Waals surface area contributed by atoms with E-state index in [1.807, 2.05) is 6.07 Å². The summed E-state index contributed by atoms with van der Waals surface area (Å²) in [7, 11) is 0. The number of nitrogens with zero attached hydrogens (tertiary/aromatic N) is 1. The maximum Gasteiger partial charge on any atom is 0.129 e. The van der Waals surface area contributed by atoms with Crippen molar-refractivity contribution in [1.82, 2.24) is 4.90 Å². The second kappa shape index (κ2) is 6.01. The van der Waals surface area contributed by atoms with E-state index in [4.69, 9.17) is 4.74 Å². The summed E-state index contributed by atoms with van der Waals surface area (Å²) in [5, 5.41) is 0. The van der Waals surface area contributed by atoms with Crippen LogP contribution in [-0.2, 0) is 0 Å². The van der Waals surface area contributed by atoms with Crippen LogP contribution in [0.2, 0.25) is 0 Å². The van der Waals surface area contributed by atoms with E-state index in [2.05, 4.69) is 4.90 Å². The number of benzene rings is 1. The Morgan fingerprint density at radius 1 is 1.24 bits per heavy atom. The van der Waals surface area contributed by atoms with Crippen molar-refractivity contribution in [2.75, 3.05) is 26.2 Å². The monoisotopic (exact) mass is 237 g/mol. The summed E-state index contributed by atoms with van der Waals surface area (Å²) in [5.74, 6) is 0.436. The van der Waals surface area contributed by atoms with Crippen LogP contribution < -0.4 is 4.74 Å². The number of hydrogen-bond acceptors (Lipinski definition) is 2. The van der Waals surface area contributed by atoms with Crippen molar-refractivity contribution >= 4 is 0 Å². The molecule has 1 aromatic carbocycles. The first kappa shape index (κ1) is 12.4. The van der Waals surface area contributed by atoms with E-state index in [0.717, 1.165) is 6.54 Å². The van der Waals surface area contributed by atoms with E-state index in [-0.39, 0.29) is 5.82 Å². The van der Waals surface area contributed by atoms with Gasteiger partial charge >= 0.3 is 0 Å². The van der Waals surface area contributed by atoms with Gasteiger partial charge in [0.2, 0.25) is 0 Å². The summed E-state index contributed by atoms with van der Waals surface area (Å²) in [5.41, 5.74) is 0.661. The zero-order valence-electron chi connectivity index (χ0n) is 10.4. The van der Waals surface area contributed by atoms with Crippen LogP contribution in [0.3, 0.4) is 0 Å². The molecular weight excluding hydrogens is 217 g/mol. The van der Waals surface area contributed by atoms with Gasteiger partial charge in [0.1, 0.15) is 18.2 Å². The lowest BCUT2D eigenvalue weighted by molar-refractivity contribution is 0.183. The lowest BCUT2D eigenvalue weighted by Crippen LogP contribution is -2.33. The highest BCUT2D eigenvalue weighted by Crippen LogP contribution is 2.16. The molecule has 0 spiro atoms. The predicted molar refractivity (Wildman–Crippen MR) is 66.9 cm³/mol. The van der Waals surface area contributed by atoms with Gasteiger partial charge in [-0.3, -0.25) is 4.90 Å². The van der Waals surface area contributed by atoms with Crippen LogP contribution in [0, 0.1) is 12.7 Å². The molecule has 94 valence electrons. The fourth-order valence-corrected chi connectivity index (χ4v) is 2.14. The van der Waals surface area contributed by atoms with Crippen molar-refractivity contribution in [3.8, 4) is 5.75 Å². The number of ether oxygens (including phenoxy) is 1. The van der Waals surface area contributed by atoms with Crippen LogP contribution in [-0.4, -0.2) is 31.1 Å². The molecule has 0 amide bonds. The minimum Gasteiger partial charge on any atom is -0.492 e. The van der Waals surface area contributed by atoms with Crippen molar-refractivity contribution in [2.24, 2.45) is 0 Å². The van der Waals surface area contributed by atoms with Crippen LogP contribution in [0.5, 0.6) is 5.75 Å². The van der Waals surface area contributed by atoms with E-state index < -0.39 is 0 Å². The second-order valence-corrected chi connectivity index (χ2v) is 4.66. The third-order valence-electron chi connectivity index (χ3n) is 3.27. The van der Waals surface area contributed by atoms with Gasteiger partial charge in [-0.25, -0.2) is 4.39 Å². The third-order valence-corrected chi connectivity index (χ3v) is 3.27. The molecule has 0 N–H and O–H groups in total. The molecule has 2 rings (SSSR count). The number of aryl methyl sites for hydroxylation is 1. The Bertz CT molecular complexity index is 361. The normalized spacial score (nSPS) is 17.1. The van der Waals surface area contributed by atoms with Crippen molar-refractivity contribution in [2.45, 2.75) is 26.2 Å². The minimum atomic E-state index is -0.194.